The predicted molar refractivity (Wildman–Crippen MR) is 78.6 cm³/mol. The molecule has 2 aliphatic rings. The van der Waals surface area contributed by atoms with Crippen LogP contribution >= 0.6 is 0 Å². The smallest absolute Gasteiger partial charge is 0.145 e. The first-order chi connectivity index (χ1) is 9.63. The average molecular weight is 273 g/mol. The fourth-order valence-corrected chi connectivity index (χ4v) is 3.97. The van der Waals surface area contributed by atoms with E-state index in [2.05, 4.69) is 28.3 Å². The zero-order valence-corrected chi connectivity index (χ0v) is 12.6. The zero-order chi connectivity index (χ0) is 14.3. The van der Waals surface area contributed by atoms with Crippen molar-refractivity contribution < 1.29 is 0 Å². The highest BCUT2D eigenvalue weighted by molar-refractivity contribution is 5.57. The van der Waals surface area contributed by atoms with Crippen molar-refractivity contribution in [1.29, 1.82) is 5.26 Å². The lowest BCUT2D eigenvalue weighted by Gasteiger charge is -2.38. The zero-order valence-electron chi connectivity index (χ0n) is 12.6. The van der Waals surface area contributed by atoms with Gasteiger partial charge in [-0.25, -0.2) is 0 Å². The van der Waals surface area contributed by atoms with Crippen molar-refractivity contribution in [1.82, 2.24) is 15.1 Å². The summed E-state index contributed by atoms with van der Waals surface area (Å²) in [5, 5.41) is 17.6. The van der Waals surface area contributed by atoms with Crippen LogP contribution in [0, 0.1) is 18.3 Å². The molecule has 2 bridgehead atoms. The molecule has 5 heteroatoms. The van der Waals surface area contributed by atoms with Crippen LogP contribution in [0.3, 0.4) is 0 Å². The Morgan fingerprint density at radius 3 is 2.60 bits per heavy atom. The number of rotatable bonds is 3. The highest BCUT2D eigenvalue weighted by Crippen LogP contribution is 2.33. The molecule has 3 rings (SSSR count). The third kappa shape index (κ3) is 2.08. The largest absolute Gasteiger partial charge is 0.353 e. The number of nitrogens with one attached hydrogen (secondary N) is 1. The van der Waals surface area contributed by atoms with Crippen LogP contribution in [0.15, 0.2) is 0 Å². The standard InChI is InChI=1S/C15H23N5/c1-4-20(13-7-11-5-6-12(8-13)17-11)15-14(9-16)10(2)18-19(15)3/h11-13,17H,4-8H2,1-3H3. The SMILES string of the molecule is CCN(c1c(C#N)c(C)nn1C)C1CC2CCC(C1)N2. The summed E-state index contributed by atoms with van der Waals surface area (Å²) in [7, 11) is 1.95. The number of hydrogen-bond donors (Lipinski definition) is 1. The van der Waals surface area contributed by atoms with Crippen LogP contribution in [-0.4, -0.2) is 34.5 Å². The van der Waals surface area contributed by atoms with Gasteiger partial charge in [0.15, 0.2) is 0 Å². The summed E-state index contributed by atoms with van der Waals surface area (Å²) in [6.07, 6.45) is 4.96. The monoisotopic (exact) mass is 273 g/mol. The molecule has 0 spiro atoms. The molecule has 0 aliphatic carbocycles. The molecule has 2 aliphatic heterocycles. The van der Waals surface area contributed by atoms with Gasteiger partial charge >= 0.3 is 0 Å². The number of fused-ring (bicyclic) bond motifs is 2. The Kier molecular flexibility index (Phi) is 3.43. The van der Waals surface area contributed by atoms with E-state index in [1.165, 1.54) is 25.7 Å². The summed E-state index contributed by atoms with van der Waals surface area (Å²) in [6.45, 7) is 5.02. The number of anilines is 1. The van der Waals surface area contributed by atoms with Crippen LogP contribution in [0.5, 0.6) is 0 Å². The maximum absolute atomic E-state index is 9.43. The lowest BCUT2D eigenvalue weighted by Crippen LogP contribution is -2.49. The molecule has 2 saturated heterocycles. The molecule has 2 fully saturated rings. The van der Waals surface area contributed by atoms with Gasteiger partial charge in [-0.15, -0.1) is 0 Å². The van der Waals surface area contributed by atoms with E-state index in [-0.39, 0.29) is 0 Å². The Bertz CT molecular complexity index is 529. The average Bonchev–Trinajstić information content (AvgIpc) is 2.90. The molecule has 0 saturated carbocycles. The fourth-order valence-electron chi connectivity index (χ4n) is 3.97. The van der Waals surface area contributed by atoms with Crippen molar-refractivity contribution >= 4 is 5.82 Å². The predicted octanol–water partition coefficient (Wildman–Crippen LogP) is 1.71. The Hall–Kier alpha value is -1.54. The van der Waals surface area contributed by atoms with E-state index in [4.69, 9.17) is 0 Å². The third-order valence-electron chi connectivity index (χ3n) is 4.81. The lowest BCUT2D eigenvalue weighted by molar-refractivity contribution is 0.346. The first-order valence-corrected chi connectivity index (χ1v) is 7.60. The van der Waals surface area contributed by atoms with E-state index < -0.39 is 0 Å². The van der Waals surface area contributed by atoms with Crippen molar-refractivity contribution in [2.45, 2.75) is 57.7 Å². The maximum Gasteiger partial charge on any atom is 0.145 e. The van der Waals surface area contributed by atoms with Gasteiger partial charge < -0.3 is 10.2 Å². The minimum atomic E-state index is 0.528. The molecule has 1 aromatic rings. The number of aromatic nitrogens is 2. The number of aryl methyl sites for hydroxylation is 2. The van der Waals surface area contributed by atoms with Gasteiger partial charge in [-0.1, -0.05) is 0 Å². The van der Waals surface area contributed by atoms with E-state index in [1.54, 1.807) is 0 Å². The van der Waals surface area contributed by atoms with E-state index in [0.717, 1.165) is 23.6 Å². The highest BCUT2D eigenvalue weighted by atomic mass is 15.4. The van der Waals surface area contributed by atoms with Crippen LogP contribution in [0.2, 0.25) is 0 Å². The van der Waals surface area contributed by atoms with Crippen molar-refractivity contribution in [3.05, 3.63) is 11.3 Å². The number of nitrogens with zero attached hydrogens (tertiary/aromatic N) is 4. The van der Waals surface area contributed by atoms with Crippen LogP contribution < -0.4 is 10.2 Å². The van der Waals surface area contributed by atoms with Crippen molar-refractivity contribution in [2.24, 2.45) is 7.05 Å². The van der Waals surface area contributed by atoms with Crippen LogP contribution in [0.1, 0.15) is 43.9 Å². The molecule has 0 radical (unpaired) electrons. The van der Waals surface area contributed by atoms with Crippen molar-refractivity contribution in [3.8, 4) is 6.07 Å². The third-order valence-corrected chi connectivity index (χ3v) is 4.81. The van der Waals surface area contributed by atoms with E-state index in [1.807, 2.05) is 18.7 Å². The first kappa shape index (κ1) is 13.4. The second-order valence-electron chi connectivity index (χ2n) is 6.07. The van der Waals surface area contributed by atoms with Gasteiger partial charge in [-0.05, 0) is 39.5 Å². The van der Waals surface area contributed by atoms with Gasteiger partial charge in [0.25, 0.3) is 0 Å². The maximum atomic E-state index is 9.43. The van der Waals surface area contributed by atoms with Crippen molar-refractivity contribution in [2.75, 3.05) is 11.4 Å². The summed E-state index contributed by atoms with van der Waals surface area (Å²) >= 11 is 0. The van der Waals surface area contributed by atoms with Crippen LogP contribution in [0.4, 0.5) is 5.82 Å². The number of piperidine rings is 1. The molecular formula is C15H23N5. The van der Waals surface area contributed by atoms with Gasteiger partial charge in [0.05, 0.1) is 5.69 Å². The number of hydrogen-bond acceptors (Lipinski definition) is 4. The highest BCUT2D eigenvalue weighted by Gasteiger charge is 2.37. The van der Waals surface area contributed by atoms with Gasteiger partial charge in [0, 0.05) is 31.7 Å². The van der Waals surface area contributed by atoms with E-state index in [0.29, 0.717) is 18.1 Å². The Morgan fingerprint density at radius 2 is 2.05 bits per heavy atom. The molecule has 5 nitrogen and oxygen atoms in total. The minimum absolute atomic E-state index is 0.528. The summed E-state index contributed by atoms with van der Waals surface area (Å²) in [6, 6.07) is 4.18. The molecule has 1 N–H and O–H groups in total. The molecule has 2 unspecified atom stereocenters. The van der Waals surface area contributed by atoms with Gasteiger partial charge in [0.1, 0.15) is 17.5 Å². The van der Waals surface area contributed by atoms with E-state index in [9.17, 15) is 5.26 Å². The van der Waals surface area contributed by atoms with Crippen molar-refractivity contribution in [3.63, 3.8) is 0 Å². The van der Waals surface area contributed by atoms with Gasteiger partial charge in [-0.2, -0.15) is 10.4 Å². The molecular weight excluding hydrogens is 250 g/mol. The second kappa shape index (κ2) is 5.10. The molecule has 108 valence electrons. The van der Waals surface area contributed by atoms with Crippen LogP contribution in [-0.2, 0) is 7.05 Å². The molecule has 1 aromatic heterocycles. The summed E-state index contributed by atoms with van der Waals surface area (Å²) < 4.78 is 1.88. The molecule has 2 atom stereocenters. The number of nitriles is 1. The second-order valence-corrected chi connectivity index (χ2v) is 6.07. The summed E-state index contributed by atoms with van der Waals surface area (Å²) in [5.41, 5.74) is 1.57. The Morgan fingerprint density at radius 1 is 1.40 bits per heavy atom. The fraction of sp³-hybridized carbons (Fsp3) is 0.733. The Balaban J connectivity index is 1.92. The van der Waals surface area contributed by atoms with Gasteiger partial charge in [-0.3, -0.25) is 4.68 Å². The molecule has 0 amide bonds. The molecule has 3 heterocycles. The normalized spacial score (nSPS) is 28.4. The van der Waals surface area contributed by atoms with E-state index >= 15 is 0 Å². The lowest BCUT2D eigenvalue weighted by atomic mass is 9.97. The minimum Gasteiger partial charge on any atom is -0.353 e. The van der Waals surface area contributed by atoms with Crippen LogP contribution in [0.25, 0.3) is 0 Å². The summed E-state index contributed by atoms with van der Waals surface area (Å²) in [4.78, 5) is 2.39. The Labute approximate surface area is 120 Å². The quantitative estimate of drug-likeness (QED) is 0.911. The summed E-state index contributed by atoms with van der Waals surface area (Å²) in [5.74, 6) is 0.999. The first-order valence-electron chi connectivity index (χ1n) is 7.60. The molecule has 0 aromatic carbocycles. The van der Waals surface area contributed by atoms with Gasteiger partial charge in [0.2, 0.25) is 0 Å². The topological polar surface area (TPSA) is 56.9 Å². The molecule has 20 heavy (non-hydrogen) atoms.